The minimum atomic E-state index is -1.87. The average molecular weight is 127 g/mol. The first-order chi connectivity index (χ1) is 5.04. The highest BCUT2D eigenvalue weighted by Crippen LogP contribution is 1.92. The number of hydrogen-bond donors (Lipinski definition) is 2. The molecule has 0 amide bonds. The number of allylic oxidation sites excluding steroid dienone is 2. The molecule has 0 fully saturated rings. The van der Waals surface area contributed by atoms with Crippen LogP contribution in [0.1, 0.15) is 2.74 Å². The Labute approximate surface area is 55.5 Å². The van der Waals surface area contributed by atoms with Crippen LogP contribution in [0.3, 0.4) is 0 Å². The first-order valence-corrected chi connectivity index (χ1v) is 2.42. The van der Waals surface area contributed by atoms with E-state index in [1.54, 1.807) is 0 Å². The van der Waals surface area contributed by atoms with Gasteiger partial charge in [-0.25, -0.2) is 4.79 Å². The molecule has 2 N–H and O–H groups in total. The van der Waals surface area contributed by atoms with Crippen LogP contribution < -0.4 is 5.32 Å². The Bertz CT molecular complexity index is 249. The first kappa shape index (κ1) is 3.71. The molecular weight excluding hydrogens is 118 g/mol. The van der Waals surface area contributed by atoms with Gasteiger partial charge in [0.25, 0.3) is 0 Å². The summed E-state index contributed by atoms with van der Waals surface area (Å²) in [4.78, 5) is 10.4. The van der Waals surface area contributed by atoms with Gasteiger partial charge in [-0.2, -0.15) is 0 Å². The summed E-state index contributed by atoms with van der Waals surface area (Å²) in [5, 5.41) is 10.8. The lowest BCUT2D eigenvalue weighted by molar-refractivity contribution is -0.137. The van der Waals surface area contributed by atoms with Crippen molar-refractivity contribution in [2.75, 3.05) is 0 Å². The van der Waals surface area contributed by atoms with Crippen molar-refractivity contribution >= 4 is 5.97 Å². The number of carbonyl (C=O) groups is 1. The van der Waals surface area contributed by atoms with E-state index in [0.29, 0.717) is 0 Å². The van der Waals surface area contributed by atoms with E-state index >= 15 is 0 Å². The topological polar surface area (TPSA) is 49.3 Å². The number of dihydropyridines is 1. The van der Waals surface area contributed by atoms with Crippen LogP contribution >= 0.6 is 0 Å². The van der Waals surface area contributed by atoms with Gasteiger partial charge in [-0.15, -0.1) is 0 Å². The summed E-state index contributed by atoms with van der Waals surface area (Å²) < 4.78 is 14.3. The zero-order valence-corrected chi connectivity index (χ0v) is 4.59. The van der Waals surface area contributed by atoms with Crippen LogP contribution in [0, 0.1) is 0 Å². The number of carboxylic acid groups (broad SMARTS) is 1. The van der Waals surface area contributed by atoms with Crippen LogP contribution in [0.4, 0.5) is 0 Å². The lowest BCUT2D eigenvalue weighted by atomic mass is 10.2. The van der Waals surface area contributed by atoms with E-state index in [2.05, 4.69) is 5.32 Å². The third-order valence-electron chi connectivity index (χ3n) is 0.876. The van der Waals surface area contributed by atoms with Crippen molar-refractivity contribution in [1.82, 2.24) is 5.32 Å². The summed E-state index contributed by atoms with van der Waals surface area (Å²) in [7, 11) is 0. The van der Waals surface area contributed by atoms with Gasteiger partial charge in [0.05, 0.1) is 2.74 Å². The van der Waals surface area contributed by atoms with Crippen molar-refractivity contribution in [1.29, 1.82) is 0 Å². The maximum Gasteiger partial charge on any atom is 0.330 e. The number of aliphatic carboxylic acids is 1. The van der Waals surface area contributed by atoms with Gasteiger partial charge in [0.15, 0.2) is 0 Å². The quantitative estimate of drug-likeness (QED) is 0.525. The van der Waals surface area contributed by atoms with E-state index in [0.717, 1.165) is 6.08 Å². The van der Waals surface area contributed by atoms with Crippen LogP contribution in [-0.4, -0.2) is 17.1 Å². The molecule has 0 saturated heterocycles. The smallest absolute Gasteiger partial charge is 0.330 e. The van der Waals surface area contributed by atoms with Crippen molar-refractivity contribution in [2.45, 2.75) is 6.02 Å². The van der Waals surface area contributed by atoms with Crippen molar-refractivity contribution in [3.63, 3.8) is 0 Å². The van der Waals surface area contributed by atoms with Gasteiger partial charge in [-0.3, -0.25) is 0 Å². The molecule has 1 aliphatic rings. The predicted molar refractivity (Wildman–Crippen MR) is 32.8 cm³/mol. The Kier molecular flexibility index (Phi) is 0.969. The van der Waals surface area contributed by atoms with Gasteiger partial charge in [-0.05, 0) is 12.3 Å². The van der Waals surface area contributed by atoms with Crippen molar-refractivity contribution in [3.05, 3.63) is 24.4 Å². The maximum absolute atomic E-state index is 10.4. The van der Waals surface area contributed by atoms with Crippen LogP contribution in [-0.2, 0) is 4.79 Å². The summed E-state index contributed by atoms with van der Waals surface area (Å²) in [5.41, 5.74) is 0. The predicted octanol–water partition coefficient (Wildman–Crippen LogP) is 0.113. The Balaban J connectivity index is 2.92. The van der Waals surface area contributed by atoms with Crippen LogP contribution in [0.5, 0.6) is 0 Å². The second-order valence-electron chi connectivity index (χ2n) is 1.51. The van der Waals surface area contributed by atoms with E-state index in [1.807, 2.05) is 0 Å². The summed E-state index contributed by atoms with van der Waals surface area (Å²) >= 11 is 0. The zero-order chi connectivity index (χ0) is 8.48. The fraction of sp³-hybridized carbons (Fsp3) is 0.167. The molecule has 0 saturated carbocycles. The summed E-state index contributed by atoms with van der Waals surface area (Å²) in [6.45, 7) is 0. The molecule has 0 aliphatic carbocycles. The molecule has 1 rings (SSSR count). The van der Waals surface area contributed by atoms with Gasteiger partial charge < -0.3 is 10.4 Å². The van der Waals surface area contributed by atoms with Crippen LogP contribution in [0.25, 0.3) is 0 Å². The second kappa shape index (κ2) is 2.35. The average Bonchev–Trinajstić information content (AvgIpc) is 1.86. The largest absolute Gasteiger partial charge is 0.479 e. The number of hydrogen-bond acceptors (Lipinski definition) is 2. The maximum atomic E-state index is 10.4. The van der Waals surface area contributed by atoms with Gasteiger partial charge in [-0.1, -0.05) is 12.1 Å². The Morgan fingerprint density at radius 1 is 2.00 bits per heavy atom. The van der Waals surface area contributed by atoms with Crippen molar-refractivity contribution in [3.8, 4) is 0 Å². The Morgan fingerprint density at radius 2 is 2.78 bits per heavy atom. The molecule has 1 atom stereocenters. The van der Waals surface area contributed by atoms with Gasteiger partial charge in [0, 0.05) is 0 Å². The molecule has 0 aromatic heterocycles. The van der Waals surface area contributed by atoms with E-state index in [9.17, 15) is 4.79 Å². The highest BCUT2D eigenvalue weighted by Gasteiger charge is 2.11. The Hall–Kier alpha value is -1.25. The van der Waals surface area contributed by atoms with E-state index in [-0.39, 0.29) is 6.05 Å². The SMILES string of the molecule is [2H]C1=CC([2H])(C(=O)O)NC=C1. The molecule has 3 heteroatoms. The first-order valence-electron chi connectivity index (χ1n) is 3.42. The van der Waals surface area contributed by atoms with E-state index in [4.69, 9.17) is 7.85 Å². The molecule has 0 aromatic carbocycles. The zero-order valence-electron chi connectivity index (χ0n) is 6.59. The molecule has 0 bridgehead atoms. The fourth-order valence-corrected chi connectivity index (χ4v) is 0.476. The summed E-state index contributed by atoms with van der Waals surface area (Å²) in [5.74, 6) is -1.31. The monoisotopic (exact) mass is 127 g/mol. The third-order valence-corrected chi connectivity index (χ3v) is 0.876. The molecular formula is C6H7NO2. The molecule has 3 nitrogen and oxygen atoms in total. The molecule has 1 heterocycles. The van der Waals surface area contributed by atoms with Crippen molar-refractivity contribution in [2.24, 2.45) is 0 Å². The molecule has 1 unspecified atom stereocenters. The number of carboxylic acids is 1. The summed E-state index contributed by atoms with van der Waals surface area (Å²) in [6.07, 6.45) is 3.69. The van der Waals surface area contributed by atoms with Crippen LogP contribution in [0.2, 0.25) is 0 Å². The van der Waals surface area contributed by atoms with Gasteiger partial charge in [0.1, 0.15) is 6.02 Å². The van der Waals surface area contributed by atoms with E-state index < -0.39 is 12.0 Å². The molecule has 0 spiro atoms. The lowest BCUT2D eigenvalue weighted by Gasteiger charge is -2.08. The molecule has 0 radical (unpaired) electrons. The second-order valence-corrected chi connectivity index (χ2v) is 1.51. The molecule has 1 aliphatic heterocycles. The fourth-order valence-electron chi connectivity index (χ4n) is 0.476. The molecule has 9 heavy (non-hydrogen) atoms. The highest BCUT2D eigenvalue weighted by molar-refractivity contribution is 5.76. The van der Waals surface area contributed by atoms with Gasteiger partial charge >= 0.3 is 5.97 Å². The lowest BCUT2D eigenvalue weighted by Crippen LogP contribution is -2.31. The molecule has 0 aromatic rings. The Morgan fingerprint density at radius 3 is 3.22 bits per heavy atom. The minimum absolute atomic E-state index is 0.0288. The number of rotatable bonds is 1. The number of nitrogens with one attached hydrogen (secondary N) is 1. The van der Waals surface area contributed by atoms with Crippen molar-refractivity contribution < 1.29 is 12.6 Å². The molecule has 48 valence electrons. The summed E-state index contributed by atoms with van der Waals surface area (Å²) in [6, 6.07) is -1.84. The van der Waals surface area contributed by atoms with Gasteiger partial charge in [0.2, 0.25) is 0 Å². The minimum Gasteiger partial charge on any atom is -0.479 e. The highest BCUT2D eigenvalue weighted by atomic mass is 16.4. The third kappa shape index (κ3) is 1.32. The normalized spacial score (nSPS) is 35.8. The van der Waals surface area contributed by atoms with Crippen LogP contribution in [0.15, 0.2) is 24.4 Å². The standard InChI is InChI=1S/C6H7NO2/c8-6(9)5-3-1-2-4-7-5/h1-5,7H,(H,8,9)/i1D,5D. The van der Waals surface area contributed by atoms with E-state index in [1.165, 1.54) is 12.3 Å².